The zero-order valence-electron chi connectivity index (χ0n) is 3.47. The van der Waals surface area contributed by atoms with Crippen LogP contribution in [-0.4, -0.2) is 12.2 Å². The Bertz CT molecular complexity index is 81.0. The van der Waals surface area contributed by atoms with Gasteiger partial charge >= 0.3 is 0 Å². The molecule has 0 radical (unpaired) electrons. The van der Waals surface area contributed by atoms with Crippen molar-refractivity contribution in [2.24, 2.45) is 5.84 Å². The van der Waals surface area contributed by atoms with Crippen LogP contribution in [0.3, 0.4) is 0 Å². The normalized spacial score (nSPS) is 7.57. The average Bonchev–Trinajstić information content (AvgIpc) is 1.68. The van der Waals surface area contributed by atoms with Crippen molar-refractivity contribution in [3.8, 4) is 0 Å². The summed E-state index contributed by atoms with van der Waals surface area (Å²) in [4.78, 5) is 19.2. The Morgan fingerprint density at radius 1 is 1.71 bits per heavy atom. The van der Waals surface area contributed by atoms with Crippen molar-refractivity contribution in [3.63, 3.8) is 0 Å². The van der Waals surface area contributed by atoms with E-state index in [9.17, 15) is 9.59 Å². The molecule has 0 aliphatic heterocycles. The first-order valence-electron chi connectivity index (χ1n) is 1.52. The summed E-state index contributed by atoms with van der Waals surface area (Å²) in [7, 11) is 0. The molecule has 0 rings (SSSR count). The molecule has 0 aromatic rings. The molecule has 0 unspecified atom stereocenters. The lowest BCUT2D eigenvalue weighted by molar-refractivity contribution is -0.132. The number of carbonyl (C=O) groups excluding carboxylic acids is 2. The van der Waals surface area contributed by atoms with E-state index in [1.807, 2.05) is 5.43 Å². The van der Waals surface area contributed by atoms with E-state index in [0.717, 1.165) is 0 Å². The summed E-state index contributed by atoms with van der Waals surface area (Å²) >= 11 is 0. The lowest BCUT2D eigenvalue weighted by Crippen LogP contribution is -2.42. The number of carbonyl (C=O) groups is 2. The van der Waals surface area contributed by atoms with E-state index in [2.05, 4.69) is 5.84 Å². The molecule has 5 nitrogen and oxygen atoms in total. The SMILES string of the molecule is NNNC(=O)C=O. The second-order valence-electron chi connectivity index (χ2n) is 0.751. The van der Waals surface area contributed by atoms with Gasteiger partial charge in [0.25, 0.3) is 5.91 Å². The number of nitrogens with two attached hydrogens (primary N) is 1. The number of hydrazine groups is 2. The first-order chi connectivity index (χ1) is 3.31. The Kier molecular flexibility index (Phi) is 2.82. The Hall–Kier alpha value is -0.940. The van der Waals surface area contributed by atoms with Crippen LogP contribution in [-0.2, 0) is 9.59 Å². The molecule has 1 amide bonds. The summed E-state index contributed by atoms with van der Waals surface area (Å²) < 4.78 is 0. The van der Waals surface area contributed by atoms with Crippen LogP contribution in [0.4, 0.5) is 0 Å². The first kappa shape index (κ1) is 6.06. The van der Waals surface area contributed by atoms with E-state index >= 15 is 0 Å². The Morgan fingerprint density at radius 3 is 2.43 bits per heavy atom. The van der Waals surface area contributed by atoms with Gasteiger partial charge in [-0.1, -0.05) is 0 Å². The molecule has 0 aliphatic rings. The highest BCUT2D eigenvalue weighted by Crippen LogP contribution is 1.42. The lowest BCUT2D eigenvalue weighted by atomic mass is 10.7. The number of hydrogen-bond donors (Lipinski definition) is 3. The van der Waals surface area contributed by atoms with Crippen molar-refractivity contribution in [3.05, 3.63) is 0 Å². The van der Waals surface area contributed by atoms with Crippen molar-refractivity contribution in [2.45, 2.75) is 0 Å². The fourth-order valence-corrected chi connectivity index (χ4v) is 0.101. The van der Waals surface area contributed by atoms with Crippen molar-refractivity contribution in [1.29, 1.82) is 0 Å². The summed E-state index contributed by atoms with van der Waals surface area (Å²) in [6.07, 6.45) is 0.111. The highest BCUT2D eigenvalue weighted by atomic mass is 16.2. The van der Waals surface area contributed by atoms with Gasteiger partial charge in [0, 0.05) is 0 Å². The third-order valence-electron chi connectivity index (χ3n) is 0.302. The van der Waals surface area contributed by atoms with Crippen molar-refractivity contribution < 1.29 is 9.59 Å². The minimum absolute atomic E-state index is 0.111. The molecular weight excluding hydrogens is 98.0 g/mol. The second kappa shape index (κ2) is 3.26. The number of aldehydes is 1. The van der Waals surface area contributed by atoms with Gasteiger partial charge in [-0.3, -0.25) is 20.9 Å². The monoisotopic (exact) mass is 103 g/mol. The van der Waals surface area contributed by atoms with E-state index in [0.29, 0.717) is 0 Å². The molecule has 0 aliphatic carbocycles. The Morgan fingerprint density at radius 2 is 2.29 bits per heavy atom. The molecular formula is C2H5N3O2. The van der Waals surface area contributed by atoms with Crippen LogP contribution in [0.1, 0.15) is 0 Å². The maximum atomic E-state index is 9.79. The molecule has 0 aromatic heterocycles. The maximum absolute atomic E-state index is 9.79. The summed E-state index contributed by atoms with van der Waals surface area (Å²) in [6, 6.07) is 0. The topological polar surface area (TPSA) is 84.2 Å². The standard InChI is InChI=1S/C2H5N3O2/c3-5-4-2(7)1-6/h1,5H,3H2,(H,4,7). The molecule has 0 spiro atoms. The third kappa shape index (κ3) is 2.87. The molecule has 7 heavy (non-hydrogen) atoms. The smallest absolute Gasteiger partial charge is 0.292 e. The van der Waals surface area contributed by atoms with E-state index in [1.165, 1.54) is 0 Å². The van der Waals surface area contributed by atoms with Gasteiger partial charge in [0.05, 0.1) is 0 Å². The van der Waals surface area contributed by atoms with E-state index in [1.54, 1.807) is 5.53 Å². The second-order valence-corrected chi connectivity index (χ2v) is 0.751. The molecule has 0 saturated carbocycles. The van der Waals surface area contributed by atoms with Crippen molar-refractivity contribution >= 4 is 12.2 Å². The summed E-state index contributed by atoms with van der Waals surface area (Å²) in [5.74, 6) is 3.77. The average molecular weight is 103 g/mol. The van der Waals surface area contributed by atoms with Gasteiger partial charge < -0.3 is 0 Å². The van der Waals surface area contributed by atoms with Crippen LogP contribution in [0.5, 0.6) is 0 Å². The number of hydrogen-bond acceptors (Lipinski definition) is 4. The largest absolute Gasteiger partial charge is 0.299 e. The quantitative estimate of drug-likeness (QED) is 0.158. The molecule has 0 fully saturated rings. The van der Waals surface area contributed by atoms with Crippen LogP contribution < -0.4 is 16.8 Å². The van der Waals surface area contributed by atoms with Gasteiger partial charge in [0.15, 0.2) is 0 Å². The van der Waals surface area contributed by atoms with E-state index in [4.69, 9.17) is 0 Å². The van der Waals surface area contributed by atoms with Crippen LogP contribution in [0.15, 0.2) is 0 Å². The van der Waals surface area contributed by atoms with E-state index < -0.39 is 5.91 Å². The van der Waals surface area contributed by atoms with Crippen molar-refractivity contribution in [2.75, 3.05) is 0 Å². The van der Waals surface area contributed by atoms with Gasteiger partial charge in [-0.25, -0.2) is 0 Å². The molecule has 0 atom stereocenters. The summed E-state index contributed by atoms with van der Waals surface area (Å²) in [5.41, 5.74) is 3.60. The van der Waals surface area contributed by atoms with Gasteiger partial charge in [0.1, 0.15) is 0 Å². The first-order valence-corrected chi connectivity index (χ1v) is 1.52. The number of rotatable bonds is 2. The number of nitrogens with one attached hydrogen (secondary N) is 2. The highest BCUT2D eigenvalue weighted by Gasteiger charge is 1.88. The van der Waals surface area contributed by atoms with Crippen LogP contribution in [0.2, 0.25) is 0 Å². The van der Waals surface area contributed by atoms with Gasteiger partial charge in [0.2, 0.25) is 6.29 Å². The zero-order chi connectivity index (χ0) is 5.70. The van der Waals surface area contributed by atoms with Gasteiger partial charge in [-0.05, 0) is 0 Å². The molecule has 0 heterocycles. The van der Waals surface area contributed by atoms with Crippen molar-refractivity contribution in [1.82, 2.24) is 11.0 Å². The minimum atomic E-state index is -0.789. The third-order valence-corrected chi connectivity index (χ3v) is 0.302. The van der Waals surface area contributed by atoms with Crippen LogP contribution in [0.25, 0.3) is 0 Å². The molecule has 0 saturated heterocycles. The zero-order valence-corrected chi connectivity index (χ0v) is 3.47. The molecule has 4 N–H and O–H groups in total. The predicted molar refractivity (Wildman–Crippen MR) is 21.5 cm³/mol. The fraction of sp³-hybridized carbons (Fsp3) is 0. The molecule has 5 heteroatoms. The predicted octanol–water partition coefficient (Wildman–Crippen LogP) is -2.32. The Balaban J connectivity index is 3.17. The van der Waals surface area contributed by atoms with Crippen LogP contribution in [0, 0.1) is 0 Å². The summed E-state index contributed by atoms with van der Waals surface area (Å²) in [6.45, 7) is 0. The Labute approximate surface area is 39.8 Å². The summed E-state index contributed by atoms with van der Waals surface area (Å²) in [5, 5.41) is 0. The van der Waals surface area contributed by atoms with E-state index in [-0.39, 0.29) is 6.29 Å². The van der Waals surface area contributed by atoms with Crippen LogP contribution >= 0.6 is 0 Å². The molecule has 0 aromatic carbocycles. The number of amides is 1. The molecule has 40 valence electrons. The highest BCUT2D eigenvalue weighted by molar-refractivity contribution is 6.23. The maximum Gasteiger partial charge on any atom is 0.299 e. The molecule has 0 bridgehead atoms. The van der Waals surface area contributed by atoms with Gasteiger partial charge in [-0.2, -0.15) is 5.53 Å². The van der Waals surface area contributed by atoms with Gasteiger partial charge in [-0.15, -0.1) is 0 Å². The lowest BCUT2D eigenvalue weighted by Gasteiger charge is -1.90. The minimum Gasteiger partial charge on any atom is -0.292 e. The fourth-order valence-electron chi connectivity index (χ4n) is 0.101.